The lowest BCUT2D eigenvalue weighted by Crippen LogP contribution is -2.54. The molecule has 0 N–H and O–H groups in total. The van der Waals surface area contributed by atoms with E-state index >= 15 is 0 Å². The lowest BCUT2D eigenvalue weighted by atomic mass is 9.56. The minimum absolute atomic E-state index is 0.0303. The van der Waals surface area contributed by atoms with Crippen LogP contribution in [0.1, 0.15) is 77.4 Å². The van der Waals surface area contributed by atoms with Crippen LogP contribution in [-0.4, -0.2) is 24.5 Å². The van der Waals surface area contributed by atoms with Crippen LogP contribution in [0.3, 0.4) is 0 Å². The Balaban J connectivity index is 1.57. The summed E-state index contributed by atoms with van der Waals surface area (Å²) in [6.45, 7) is 8.97. The van der Waals surface area contributed by atoms with Gasteiger partial charge in [0.05, 0.1) is 12.7 Å². The number of benzene rings is 2. The maximum atomic E-state index is 13.4. The summed E-state index contributed by atoms with van der Waals surface area (Å²) in [5.41, 5.74) is 3.68. The zero-order valence-electron chi connectivity index (χ0n) is 18.3. The van der Waals surface area contributed by atoms with Gasteiger partial charge in [-0.2, -0.15) is 0 Å². The van der Waals surface area contributed by atoms with Crippen LogP contribution < -0.4 is 4.74 Å². The van der Waals surface area contributed by atoms with E-state index < -0.39 is 5.97 Å². The Labute approximate surface area is 177 Å². The number of aryl methyl sites for hydroxylation is 1. The Morgan fingerprint density at radius 2 is 1.73 bits per heavy atom. The second-order valence-electron chi connectivity index (χ2n) is 9.90. The molecule has 0 radical (unpaired) electrons. The van der Waals surface area contributed by atoms with Gasteiger partial charge in [0, 0.05) is 22.1 Å². The topological polar surface area (TPSA) is 52.6 Å². The lowest BCUT2D eigenvalue weighted by Gasteiger charge is -2.48. The fraction of sp³-hybridized carbons (Fsp3) is 0.462. The molecule has 0 spiro atoms. The molecule has 2 aromatic rings. The van der Waals surface area contributed by atoms with Gasteiger partial charge in [0.25, 0.3) is 0 Å². The Hall–Kier alpha value is -2.62. The van der Waals surface area contributed by atoms with E-state index in [1.807, 2.05) is 13.0 Å². The molecule has 156 valence electrons. The van der Waals surface area contributed by atoms with E-state index in [0.717, 1.165) is 11.3 Å². The van der Waals surface area contributed by atoms with Crippen molar-refractivity contribution in [1.29, 1.82) is 0 Å². The van der Waals surface area contributed by atoms with Crippen LogP contribution in [-0.2, 0) is 10.2 Å². The van der Waals surface area contributed by atoms with Gasteiger partial charge in [-0.3, -0.25) is 4.79 Å². The molecule has 2 saturated carbocycles. The number of rotatable bonds is 3. The van der Waals surface area contributed by atoms with Crippen molar-refractivity contribution in [2.75, 3.05) is 7.11 Å². The number of esters is 1. The summed E-state index contributed by atoms with van der Waals surface area (Å²) in [7, 11) is 1.35. The highest BCUT2D eigenvalue weighted by Gasteiger charge is 2.73. The standard InChI is InChI=1S/C26H28O4/c1-15-12-21-20(25(3)24(2)11-10-18(14-24)26(25,4)30-21)13-19(15)22(27)16-6-8-17(9-7-16)23(28)29-5/h6-9,12-13,18H,10-11,14H2,1-5H3. The maximum absolute atomic E-state index is 13.4. The molecule has 4 atom stereocenters. The average Bonchev–Trinajstić information content (AvgIpc) is 3.30. The first kappa shape index (κ1) is 19.3. The van der Waals surface area contributed by atoms with Crippen LogP contribution in [0, 0.1) is 18.3 Å². The zero-order valence-corrected chi connectivity index (χ0v) is 18.3. The third kappa shape index (κ3) is 2.17. The van der Waals surface area contributed by atoms with Crippen molar-refractivity contribution in [1.82, 2.24) is 0 Å². The quantitative estimate of drug-likeness (QED) is 0.518. The van der Waals surface area contributed by atoms with E-state index in [1.165, 1.54) is 31.9 Å². The van der Waals surface area contributed by atoms with Crippen LogP contribution in [0.4, 0.5) is 0 Å². The zero-order chi connectivity index (χ0) is 21.5. The minimum Gasteiger partial charge on any atom is -0.486 e. The van der Waals surface area contributed by atoms with E-state index in [0.29, 0.717) is 22.6 Å². The number of methoxy groups -OCH3 is 1. The minimum atomic E-state index is -0.406. The highest BCUT2D eigenvalue weighted by atomic mass is 16.5. The Kier molecular flexibility index (Phi) is 3.85. The third-order valence-corrected chi connectivity index (χ3v) is 8.72. The van der Waals surface area contributed by atoms with E-state index in [4.69, 9.17) is 9.47 Å². The first-order valence-corrected chi connectivity index (χ1v) is 10.7. The Morgan fingerprint density at radius 3 is 2.40 bits per heavy atom. The molecule has 2 bridgehead atoms. The van der Waals surface area contributed by atoms with E-state index in [9.17, 15) is 9.59 Å². The van der Waals surface area contributed by atoms with Gasteiger partial charge in [0.2, 0.25) is 0 Å². The molecule has 0 saturated heterocycles. The van der Waals surface area contributed by atoms with Crippen molar-refractivity contribution in [3.63, 3.8) is 0 Å². The van der Waals surface area contributed by atoms with Gasteiger partial charge in [0.1, 0.15) is 11.4 Å². The van der Waals surface area contributed by atoms with Crippen molar-refractivity contribution >= 4 is 11.8 Å². The monoisotopic (exact) mass is 404 g/mol. The fourth-order valence-electron chi connectivity index (χ4n) is 6.61. The number of ether oxygens (including phenoxy) is 2. The van der Waals surface area contributed by atoms with Crippen molar-refractivity contribution in [2.24, 2.45) is 11.3 Å². The van der Waals surface area contributed by atoms with Crippen LogP contribution >= 0.6 is 0 Å². The van der Waals surface area contributed by atoms with Crippen molar-refractivity contribution in [3.05, 3.63) is 64.2 Å². The van der Waals surface area contributed by atoms with Crippen LogP contribution in [0.2, 0.25) is 0 Å². The normalized spacial score (nSPS) is 33.0. The molecule has 5 rings (SSSR count). The predicted octanol–water partition coefficient (Wildman–Crippen LogP) is 5.24. The summed E-state index contributed by atoms with van der Waals surface area (Å²) in [4.78, 5) is 25.1. The van der Waals surface area contributed by atoms with Crippen LogP contribution in [0.25, 0.3) is 0 Å². The molecule has 2 aliphatic carbocycles. The number of fused-ring (bicyclic) bond motifs is 7. The molecule has 2 fully saturated rings. The molecule has 1 heterocycles. The lowest BCUT2D eigenvalue weighted by molar-refractivity contribution is -0.0260. The van der Waals surface area contributed by atoms with Gasteiger partial charge < -0.3 is 9.47 Å². The molecule has 0 aromatic heterocycles. The molecule has 4 nitrogen and oxygen atoms in total. The number of hydrogen-bond acceptors (Lipinski definition) is 4. The van der Waals surface area contributed by atoms with Gasteiger partial charge in [-0.05, 0) is 74.3 Å². The van der Waals surface area contributed by atoms with Gasteiger partial charge in [0.15, 0.2) is 5.78 Å². The van der Waals surface area contributed by atoms with Gasteiger partial charge in [-0.1, -0.05) is 26.0 Å². The second kappa shape index (κ2) is 5.96. The van der Waals surface area contributed by atoms with E-state index in [-0.39, 0.29) is 22.2 Å². The molecular formula is C26H28O4. The number of carbonyl (C=O) groups excluding carboxylic acids is 2. The van der Waals surface area contributed by atoms with Crippen LogP contribution in [0.5, 0.6) is 5.75 Å². The molecule has 4 unspecified atom stereocenters. The fourth-order valence-corrected chi connectivity index (χ4v) is 6.61. The molecular weight excluding hydrogens is 376 g/mol. The summed E-state index contributed by atoms with van der Waals surface area (Å²) in [6.07, 6.45) is 3.61. The maximum Gasteiger partial charge on any atom is 0.337 e. The highest BCUT2D eigenvalue weighted by molar-refractivity contribution is 6.10. The summed E-state index contributed by atoms with van der Waals surface area (Å²) >= 11 is 0. The Morgan fingerprint density at radius 1 is 1.07 bits per heavy atom. The first-order chi connectivity index (χ1) is 14.1. The van der Waals surface area contributed by atoms with E-state index in [1.54, 1.807) is 24.3 Å². The summed E-state index contributed by atoms with van der Waals surface area (Å²) in [5.74, 6) is 1.06. The molecule has 0 amide bonds. The molecule has 30 heavy (non-hydrogen) atoms. The smallest absolute Gasteiger partial charge is 0.337 e. The largest absolute Gasteiger partial charge is 0.486 e. The summed E-state index contributed by atoms with van der Waals surface area (Å²) in [6, 6.07) is 10.8. The Bertz CT molecular complexity index is 1080. The first-order valence-electron chi connectivity index (χ1n) is 10.7. The molecule has 3 aliphatic rings. The van der Waals surface area contributed by atoms with Crippen LogP contribution in [0.15, 0.2) is 36.4 Å². The second-order valence-corrected chi connectivity index (χ2v) is 9.90. The predicted molar refractivity (Wildman–Crippen MR) is 114 cm³/mol. The molecule has 4 heteroatoms. The van der Waals surface area contributed by atoms with Crippen molar-refractivity contribution in [3.8, 4) is 5.75 Å². The molecule has 1 aliphatic heterocycles. The number of carbonyl (C=O) groups is 2. The SMILES string of the molecule is COC(=O)c1ccc(C(=O)c2cc3c(cc2C)OC2(C)C4CCC(C)(C4)C32C)cc1. The number of ketones is 1. The van der Waals surface area contributed by atoms with E-state index in [2.05, 4.69) is 26.8 Å². The van der Waals surface area contributed by atoms with Crippen molar-refractivity contribution < 1.29 is 19.1 Å². The number of hydrogen-bond donors (Lipinski definition) is 0. The van der Waals surface area contributed by atoms with Gasteiger partial charge >= 0.3 is 5.97 Å². The third-order valence-electron chi connectivity index (χ3n) is 8.72. The van der Waals surface area contributed by atoms with Gasteiger partial charge in [-0.25, -0.2) is 4.79 Å². The summed E-state index contributed by atoms with van der Waals surface area (Å²) < 4.78 is 11.4. The summed E-state index contributed by atoms with van der Waals surface area (Å²) in [5, 5.41) is 0. The molecule has 2 aromatic carbocycles. The highest BCUT2D eigenvalue weighted by Crippen LogP contribution is 2.73. The van der Waals surface area contributed by atoms with Gasteiger partial charge in [-0.15, -0.1) is 0 Å². The average molecular weight is 405 g/mol. The van der Waals surface area contributed by atoms with Crippen molar-refractivity contribution in [2.45, 2.75) is 58.0 Å².